The van der Waals surface area contributed by atoms with Gasteiger partial charge in [-0.3, -0.25) is 0 Å². The van der Waals surface area contributed by atoms with Gasteiger partial charge >= 0.3 is 6.18 Å². The highest BCUT2D eigenvalue weighted by Crippen LogP contribution is 2.34. The number of nitrogens with two attached hydrogens (primary N) is 1. The molecule has 0 spiro atoms. The highest BCUT2D eigenvalue weighted by molar-refractivity contribution is 5.32. The summed E-state index contributed by atoms with van der Waals surface area (Å²) in [5, 5.41) is 0. The Labute approximate surface area is 104 Å². The number of hydrogen-bond donors (Lipinski definition) is 1. The SMILES string of the molecule is NC(COC1CCC1)c1ccccc1C(F)(F)F. The first kappa shape index (κ1) is 13.4. The first-order valence-electron chi connectivity index (χ1n) is 6.02. The Balaban J connectivity index is 2.06. The largest absolute Gasteiger partial charge is 0.416 e. The molecule has 100 valence electrons. The van der Waals surface area contributed by atoms with Crippen LogP contribution in [-0.4, -0.2) is 12.7 Å². The minimum Gasteiger partial charge on any atom is -0.376 e. The van der Waals surface area contributed by atoms with Crippen LogP contribution in [0.4, 0.5) is 13.2 Å². The number of rotatable bonds is 4. The molecule has 2 rings (SSSR count). The Morgan fingerprint density at radius 1 is 1.28 bits per heavy atom. The molecule has 0 bridgehead atoms. The van der Waals surface area contributed by atoms with Crippen LogP contribution >= 0.6 is 0 Å². The van der Waals surface area contributed by atoms with Gasteiger partial charge in [-0.25, -0.2) is 0 Å². The van der Waals surface area contributed by atoms with Crippen LogP contribution in [0.25, 0.3) is 0 Å². The molecule has 0 aromatic heterocycles. The third-order valence-corrected chi connectivity index (χ3v) is 3.23. The average Bonchev–Trinajstić information content (AvgIpc) is 2.25. The molecule has 5 heteroatoms. The maximum Gasteiger partial charge on any atom is 0.416 e. The number of alkyl halides is 3. The molecule has 0 amide bonds. The Bertz CT molecular complexity index is 401. The van der Waals surface area contributed by atoms with E-state index in [0.29, 0.717) is 0 Å². The Kier molecular flexibility index (Phi) is 3.92. The van der Waals surface area contributed by atoms with E-state index in [1.165, 1.54) is 12.1 Å². The Morgan fingerprint density at radius 3 is 2.50 bits per heavy atom. The van der Waals surface area contributed by atoms with Gasteiger partial charge in [0.1, 0.15) is 0 Å². The van der Waals surface area contributed by atoms with E-state index in [-0.39, 0.29) is 18.3 Å². The predicted molar refractivity (Wildman–Crippen MR) is 62.0 cm³/mol. The van der Waals surface area contributed by atoms with Crippen LogP contribution < -0.4 is 5.73 Å². The van der Waals surface area contributed by atoms with Crippen molar-refractivity contribution in [3.8, 4) is 0 Å². The second kappa shape index (κ2) is 5.28. The summed E-state index contributed by atoms with van der Waals surface area (Å²) in [5.74, 6) is 0. The van der Waals surface area contributed by atoms with Crippen LogP contribution in [0.5, 0.6) is 0 Å². The molecule has 1 aliphatic carbocycles. The molecule has 1 saturated carbocycles. The van der Waals surface area contributed by atoms with Crippen LogP contribution in [0.1, 0.15) is 36.4 Å². The van der Waals surface area contributed by atoms with Gasteiger partial charge in [-0.2, -0.15) is 13.2 Å². The monoisotopic (exact) mass is 259 g/mol. The molecule has 2 N–H and O–H groups in total. The Morgan fingerprint density at radius 2 is 1.94 bits per heavy atom. The lowest BCUT2D eigenvalue weighted by Crippen LogP contribution is -2.28. The smallest absolute Gasteiger partial charge is 0.376 e. The lowest BCUT2D eigenvalue weighted by Gasteiger charge is -2.27. The zero-order valence-electron chi connectivity index (χ0n) is 9.91. The molecule has 1 aromatic rings. The van der Waals surface area contributed by atoms with E-state index in [4.69, 9.17) is 10.5 Å². The molecule has 1 unspecified atom stereocenters. The zero-order chi connectivity index (χ0) is 13.2. The van der Waals surface area contributed by atoms with Gasteiger partial charge in [0, 0.05) is 0 Å². The molecule has 1 aliphatic rings. The highest BCUT2D eigenvalue weighted by Gasteiger charge is 2.34. The molecule has 0 radical (unpaired) electrons. The zero-order valence-corrected chi connectivity index (χ0v) is 9.91. The van der Waals surface area contributed by atoms with E-state index in [1.54, 1.807) is 6.07 Å². The van der Waals surface area contributed by atoms with E-state index < -0.39 is 17.8 Å². The number of halogens is 3. The second-order valence-electron chi connectivity index (χ2n) is 4.58. The van der Waals surface area contributed by atoms with Crippen LogP contribution in [0.15, 0.2) is 24.3 Å². The molecule has 1 fully saturated rings. The van der Waals surface area contributed by atoms with Crippen LogP contribution in [-0.2, 0) is 10.9 Å². The van der Waals surface area contributed by atoms with Crippen molar-refractivity contribution in [3.05, 3.63) is 35.4 Å². The standard InChI is InChI=1S/C13H16F3NO/c14-13(15,16)11-7-2-1-6-10(11)12(17)8-18-9-4-3-5-9/h1-2,6-7,9,12H,3-5,8,17H2. The highest BCUT2D eigenvalue weighted by atomic mass is 19.4. The minimum absolute atomic E-state index is 0.101. The van der Waals surface area contributed by atoms with Gasteiger partial charge in [0.05, 0.1) is 24.3 Å². The van der Waals surface area contributed by atoms with Crippen LogP contribution in [0, 0.1) is 0 Å². The fourth-order valence-corrected chi connectivity index (χ4v) is 1.95. The van der Waals surface area contributed by atoms with Gasteiger partial charge in [-0.05, 0) is 30.9 Å². The maximum absolute atomic E-state index is 12.8. The summed E-state index contributed by atoms with van der Waals surface area (Å²) in [4.78, 5) is 0. The summed E-state index contributed by atoms with van der Waals surface area (Å²) in [6.07, 6.45) is -1.11. The molecule has 0 saturated heterocycles. The molecule has 0 aliphatic heterocycles. The first-order chi connectivity index (χ1) is 8.48. The van der Waals surface area contributed by atoms with E-state index in [0.717, 1.165) is 25.3 Å². The predicted octanol–water partition coefficient (Wildman–Crippen LogP) is 3.27. The average molecular weight is 259 g/mol. The lowest BCUT2D eigenvalue weighted by atomic mass is 9.96. The summed E-state index contributed by atoms with van der Waals surface area (Å²) in [6.45, 7) is 0.137. The van der Waals surface area contributed by atoms with Crippen molar-refractivity contribution in [1.29, 1.82) is 0 Å². The fourth-order valence-electron chi connectivity index (χ4n) is 1.95. The molecule has 1 atom stereocenters. The minimum atomic E-state index is -4.37. The third kappa shape index (κ3) is 3.03. The van der Waals surface area contributed by atoms with Gasteiger partial charge in [0.15, 0.2) is 0 Å². The third-order valence-electron chi connectivity index (χ3n) is 3.23. The van der Waals surface area contributed by atoms with Crippen molar-refractivity contribution in [2.75, 3.05) is 6.61 Å². The molecular formula is C13H16F3NO. The lowest BCUT2D eigenvalue weighted by molar-refractivity contribution is -0.138. The van der Waals surface area contributed by atoms with Gasteiger partial charge in [-0.15, -0.1) is 0 Å². The van der Waals surface area contributed by atoms with Crippen molar-refractivity contribution in [3.63, 3.8) is 0 Å². The van der Waals surface area contributed by atoms with Crippen LogP contribution in [0.2, 0.25) is 0 Å². The van der Waals surface area contributed by atoms with Crippen molar-refractivity contribution in [2.45, 2.75) is 37.6 Å². The van der Waals surface area contributed by atoms with E-state index >= 15 is 0 Å². The summed E-state index contributed by atoms with van der Waals surface area (Å²) in [6, 6.07) is 4.67. The molecule has 0 heterocycles. The second-order valence-corrected chi connectivity index (χ2v) is 4.58. The topological polar surface area (TPSA) is 35.2 Å². The van der Waals surface area contributed by atoms with Crippen molar-refractivity contribution >= 4 is 0 Å². The summed E-state index contributed by atoms with van der Waals surface area (Å²) in [7, 11) is 0. The van der Waals surface area contributed by atoms with E-state index in [1.807, 2.05) is 0 Å². The molecule has 1 aromatic carbocycles. The van der Waals surface area contributed by atoms with Crippen molar-refractivity contribution in [1.82, 2.24) is 0 Å². The fraction of sp³-hybridized carbons (Fsp3) is 0.538. The van der Waals surface area contributed by atoms with Gasteiger partial charge in [0.25, 0.3) is 0 Å². The number of ether oxygens (including phenoxy) is 1. The quantitative estimate of drug-likeness (QED) is 0.900. The molecule has 2 nitrogen and oxygen atoms in total. The van der Waals surface area contributed by atoms with Crippen molar-refractivity contribution in [2.24, 2.45) is 5.73 Å². The van der Waals surface area contributed by atoms with Crippen molar-refractivity contribution < 1.29 is 17.9 Å². The first-order valence-corrected chi connectivity index (χ1v) is 6.02. The summed E-state index contributed by atoms with van der Waals surface area (Å²) < 4.78 is 43.8. The maximum atomic E-state index is 12.8. The summed E-state index contributed by atoms with van der Waals surface area (Å²) in [5.41, 5.74) is 5.22. The van der Waals surface area contributed by atoms with Crippen LogP contribution in [0.3, 0.4) is 0 Å². The normalized spacial score (nSPS) is 18.4. The molecule has 18 heavy (non-hydrogen) atoms. The molecular weight excluding hydrogens is 243 g/mol. The number of hydrogen-bond acceptors (Lipinski definition) is 2. The number of benzene rings is 1. The van der Waals surface area contributed by atoms with Gasteiger partial charge < -0.3 is 10.5 Å². The van der Waals surface area contributed by atoms with Gasteiger partial charge in [-0.1, -0.05) is 18.2 Å². The Hall–Kier alpha value is -1.07. The summed E-state index contributed by atoms with van der Waals surface area (Å²) >= 11 is 0. The van der Waals surface area contributed by atoms with E-state index in [9.17, 15) is 13.2 Å². The van der Waals surface area contributed by atoms with E-state index in [2.05, 4.69) is 0 Å². The van der Waals surface area contributed by atoms with Gasteiger partial charge in [0.2, 0.25) is 0 Å².